The predicted molar refractivity (Wildman–Crippen MR) is 56.6 cm³/mol. The van der Waals surface area contributed by atoms with Crippen LogP contribution in [-0.2, 0) is 0 Å². The second kappa shape index (κ2) is 3.99. The van der Waals surface area contributed by atoms with Crippen LogP contribution in [0.4, 0.5) is 0 Å². The fourth-order valence-electron chi connectivity index (χ4n) is 1.48. The van der Waals surface area contributed by atoms with Crippen molar-refractivity contribution in [2.24, 2.45) is 0 Å². The van der Waals surface area contributed by atoms with Gasteiger partial charge in [-0.1, -0.05) is 13.8 Å². The molecule has 0 atom stereocenters. The van der Waals surface area contributed by atoms with E-state index in [1.54, 1.807) is 0 Å². The Morgan fingerprint density at radius 3 is 2.57 bits per heavy atom. The lowest BCUT2D eigenvalue weighted by molar-refractivity contribution is 0.120. The Morgan fingerprint density at radius 1 is 1.36 bits per heavy atom. The largest absolute Gasteiger partial charge is 0.489 e. The third-order valence-corrected chi connectivity index (χ3v) is 2.71. The first-order valence-electron chi connectivity index (χ1n) is 5.38. The van der Waals surface area contributed by atoms with Crippen LogP contribution in [0.2, 0.25) is 0 Å². The molecule has 0 radical (unpaired) electrons. The molecule has 1 fully saturated rings. The Kier molecular flexibility index (Phi) is 2.71. The van der Waals surface area contributed by atoms with Gasteiger partial charge in [0.1, 0.15) is 5.75 Å². The molecule has 0 amide bonds. The monoisotopic (exact) mass is 191 g/mol. The minimum atomic E-state index is 0.446. The fraction of sp³-hybridized carbons (Fsp3) is 0.583. The molecule has 0 bridgehead atoms. The lowest BCUT2D eigenvalue weighted by Gasteiger charge is -2.26. The Bertz CT molecular complexity index is 288. The number of rotatable bonds is 3. The van der Waals surface area contributed by atoms with Crippen molar-refractivity contribution >= 4 is 0 Å². The Morgan fingerprint density at radius 2 is 2.14 bits per heavy atom. The van der Waals surface area contributed by atoms with Gasteiger partial charge in [-0.3, -0.25) is 4.98 Å². The first-order chi connectivity index (χ1) is 6.75. The zero-order chi connectivity index (χ0) is 9.97. The van der Waals surface area contributed by atoms with Gasteiger partial charge in [0.05, 0.1) is 12.3 Å². The highest BCUT2D eigenvalue weighted by Crippen LogP contribution is 2.25. The molecule has 1 saturated carbocycles. The highest BCUT2D eigenvalue weighted by atomic mass is 16.5. The van der Waals surface area contributed by atoms with Gasteiger partial charge in [0, 0.05) is 5.69 Å². The van der Waals surface area contributed by atoms with Gasteiger partial charge in [-0.05, 0) is 37.3 Å². The third kappa shape index (κ3) is 2.06. The number of hydrogen-bond donors (Lipinski definition) is 0. The SMILES string of the molecule is CC(C)c1ccc(OC2CCC2)cn1. The summed E-state index contributed by atoms with van der Waals surface area (Å²) in [6.07, 6.45) is 6.00. The number of aromatic nitrogens is 1. The van der Waals surface area contributed by atoms with Crippen LogP contribution < -0.4 is 4.74 Å². The highest BCUT2D eigenvalue weighted by molar-refractivity contribution is 5.21. The Balaban J connectivity index is 1.98. The second-order valence-electron chi connectivity index (χ2n) is 4.24. The maximum absolute atomic E-state index is 5.72. The summed E-state index contributed by atoms with van der Waals surface area (Å²) in [4.78, 5) is 4.36. The fourth-order valence-corrected chi connectivity index (χ4v) is 1.48. The van der Waals surface area contributed by atoms with Gasteiger partial charge in [0.15, 0.2) is 0 Å². The van der Waals surface area contributed by atoms with Crippen LogP contribution in [0.5, 0.6) is 5.75 Å². The third-order valence-electron chi connectivity index (χ3n) is 2.71. The zero-order valence-electron chi connectivity index (χ0n) is 8.86. The van der Waals surface area contributed by atoms with Crippen molar-refractivity contribution in [3.63, 3.8) is 0 Å². The van der Waals surface area contributed by atoms with E-state index in [1.807, 2.05) is 12.3 Å². The first kappa shape index (κ1) is 9.50. The highest BCUT2D eigenvalue weighted by Gasteiger charge is 2.18. The number of ether oxygens (including phenoxy) is 1. The summed E-state index contributed by atoms with van der Waals surface area (Å²) in [7, 11) is 0. The predicted octanol–water partition coefficient (Wildman–Crippen LogP) is 3.14. The van der Waals surface area contributed by atoms with Gasteiger partial charge < -0.3 is 4.74 Å². The van der Waals surface area contributed by atoms with Gasteiger partial charge >= 0.3 is 0 Å². The second-order valence-corrected chi connectivity index (χ2v) is 4.24. The van der Waals surface area contributed by atoms with E-state index in [9.17, 15) is 0 Å². The molecule has 2 nitrogen and oxygen atoms in total. The first-order valence-corrected chi connectivity index (χ1v) is 5.38. The summed E-state index contributed by atoms with van der Waals surface area (Å²) in [5.74, 6) is 1.41. The average Bonchev–Trinajstić information content (AvgIpc) is 2.12. The van der Waals surface area contributed by atoms with Crippen molar-refractivity contribution in [2.45, 2.75) is 45.1 Å². The molecule has 1 aliphatic carbocycles. The summed E-state index contributed by atoms with van der Waals surface area (Å²) in [5, 5.41) is 0. The van der Waals surface area contributed by atoms with Crippen LogP contribution >= 0.6 is 0 Å². The quantitative estimate of drug-likeness (QED) is 0.732. The van der Waals surface area contributed by atoms with E-state index >= 15 is 0 Å². The van der Waals surface area contributed by atoms with Crippen molar-refractivity contribution < 1.29 is 4.74 Å². The van der Waals surface area contributed by atoms with Crippen LogP contribution in [0.15, 0.2) is 18.3 Å². The van der Waals surface area contributed by atoms with Gasteiger partial charge in [-0.15, -0.1) is 0 Å². The molecule has 0 unspecified atom stereocenters. The Labute approximate surface area is 85.3 Å². The van der Waals surface area contributed by atoms with Crippen LogP contribution in [0, 0.1) is 0 Å². The molecule has 0 spiro atoms. The van der Waals surface area contributed by atoms with Gasteiger partial charge in [-0.2, -0.15) is 0 Å². The Hall–Kier alpha value is -1.05. The van der Waals surface area contributed by atoms with E-state index in [0.29, 0.717) is 12.0 Å². The minimum absolute atomic E-state index is 0.446. The molecule has 0 aliphatic heterocycles. The maximum Gasteiger partial charge on any atom is 0.138 e. The standard InChI is InChI=1S/C12H17NO/c1-9(2)12-7-6-11(8-13-12)14-10-4-3-5-10/h6-10H,3-5H2,1-2H3. The number of pyridine rings is 1. The van der Waals surface area contributed by atoms with Crippen molar-refractivity contribution in [1.82, 2.24) is 4.98 Å². The molecule has 1 aromatic heterocycles. The topological polar surface area (TPSA) is 22.1 Å². The molecule has 1 aromatic rings. The summed E-state index contributed by atoms with van der Waals surface area (Å²) in [6, 6.07) is 4.08. The molecule has 1 aliphatic rings. The van der Waals surface area contributed by atoms with Crippen molar-refractivity contribution in [1.29, 1.82) is 0 Å². The van der Waals surface area contributed by atoms with E-state index in [0.717, 1.165) is 11.4 Å². The van der Waals surface area contributed by atoms with E-state index in [2.05, 4.69) is 24.9 Å². The summed E-state index contributed by atoms with van der Waals surface area (Å²) < 4.78 is 5.72. The zero-order valence-corrected chi connectivity index (χ0v) is 8.86. The molecular formula is C12H17NO. The van der Waals surface area contributed by atoms with E-state index < -0.39 is 0 Å². The van der Waals surface area contributed by atoms with E-state index in [4.69, 9.17) is 4.74 Å². The van der Waals surface area contributed by atoms with E-state index in [-0.39, 0.29) is 0 Å². The van der Waals surface area contributed by atoms with Crippen molar-refractivity contribution in [2.75, 3.05) is 0 Å². The van der Waals surface area contributed by atoms with Crippen LogP contribution in [0.25, 0.3) is 0 Å². The molecule has 0 aromatic carbocycles. The lowest BCUT2D eigenvalue weighted by Crippen LogP contribution is -2.24. The van der Waals surface area contributed by atoms with Gasteiger partial charge in [-0.25, -0.2) is 0 Å². The van der Waals surface area contributed by atoms with E-state index in [1.165, 1.54) is 19.3 Å². The normalized spacial score (nSPS) is 16.8. The van der Waals surface area contributed by atoms with Crippen LogP contribution in [0.3, 0.4) is 0 Å². The molecule has 2 rings (SSSR count). The molecule has 1 heterocycles. The smallest absolute Gasteiger partial charge is 0.138 e. The van der Waals surface area contributed by atoms with Gasteiger partial charge in [0.25, 0.3) is 0 Å². The molecule has 0 saturated heterocycles. The lowest BCUT2D eigenvalue weighted by atomic mass is 9.96. The van der Waals surface area contributed by atoms with Crippen molar-refractivity contribution in [3.05, 3.63) is 24.0 Å². The van der Waals surface area contributed by atoms with Crippen LogP contribution in [0.1, 0.15) is 44.7 Å². The molecule has 76 valence electrons. The molecule has 14 heavy (non-hydrogen) atoms. The molecule has 0 N–H and O–H groups in total. The summed E-state index contributed by atoms with van der Waals surface area (Å²) in [6.45, 7) is 4.30. The molecule has 2 heteroatoms. The summed E-state index contributed by atoms with van der Waals surface area (Å²) >= 11 is 0. The minimum Gasteiger partial charge on any atom is -0.489 e. The maximum atomic E-state index is 5.72. The average molecular weight is 191 g/mol. The number of hydrogen-bond acceptors (Lipinski definition) is 2. The number of nitrogens with zero attached hydrogens (tertiary/aromatic N) is 1. The van der Waals surface area contributed by atoms with Crippen LogP contribution in [-0.4, -0.2) is 11.1 Å². The van der Waals surface area contributed by atoms with Gasteiger partial charge in [0.2, 0.25) is 0 Å². The van der Waals surface area contributed by atoms with Crippen molar-refractivity contribution in [3.8, 4) is 5.75 Å². The molecular weight excluding hydrogens is 174 g/mol. The summed E-state index contributed by atoms with van der Waals surface area (Å²) in [5.41, 5.74) is 1.13.